The first-order chi connectivity index (χ1) is 8.54. The van der Waals surface area contributed by atoms with Gasteiger partial charge in [0.2, 0.25) is 0 Å². The number of thiophene rings is 1. The zero-order valence-electron chi connectivity index (χ0n) is 9.99. The minimum Gasteiger partial charge on any atom is -0.398 e. The van der Waals surface area contributed by atoms with Gasteiger partial charge in [-0.2, -0.15) is 0 Å². The Hall–Kier alpha value is -0.550. The van der Waals surface area contributed by atoms with Gasteiger partial charge in [0, 0.05) is 28.1 Å². The monoisotopic (exact) mass is 344 g/mol. The molecule has 0 amide bonds. The summed E-state index contributed by atoms with van der Waals surface area (Å²) in [5, 5.41) is 0. The molecule has 0 aliphatic heterocycles. The van der Waals surface area contributed by atoms with E-state index in [-0.39, 0.29) is 0 Å². The lowest BCUT2D eigenvalue weighted by Crippen LogP contribution is -2.16. The van der Waals surface area contributed by atoms with Crippen LogP contribution >= 0.6 is 38.9 Å². The largest absolute Gasteiger partial charge is 0.398 e. The van der Waals surface area contributed by atoms with Crippen LogP contribution in [0.15, 0.2) is 34.8 Å². The Morgan fingerprint density at radius 1 is 1.28 bits per heavy atom. The van der Waals surface area contributed by atoms with Crippen LogP contribution in [0.1, 0.15) is 10.4 Å². The van der Waals surface area contributed by atoms with Crippen LogP contribution in [0.2, 0.25) is 4.34 Å². The van der Waals surface area contributed by atoms with E-state index in [0.717, 1.165) is 27.6 Å². The molecule has 2 aromatic rings. The second-order valence-corrected chi connectivity index (χ2v) is 6.89. The van der Waals surface area contributed by atoms with Crippen LogP contribution in [0, 0.1) is 0 Å². The van der Waals surface area contributed by atoms with Crippen LogP contribution in [0.3, 0.4) is 0 Å². The van der Waals surface area contributed by atoms with Crippen LogP contribution in [-0.2, 0) is 13.1 Å². The molecule has 0 aliphatic carbocycles. The molecule has 1 aromatic carbocycles. The van der Waals surface area contributed by atoms with E-state index >= 15 is 0 Å². The van der Waals surface area contributed by atoms with Gasteiger partial charge in [-0.05, 0) is 52.8 Å². The van der Waals surface area contributed by atoms with E-state index < -0.39 is 0 Å². The molecule has 0 fully saturated rings. The first-order valence-electron chi connectivity index (χ1n) is 5.51. The number of nitrogens with two attached hydrogens (primary N) is 1. The highest BCUT2D eigenvalue weighted by Gasteiger charge is 2.05. The molecule has 0 atom stereocenters. The van der Waals surface area contributed by atoms with Crippen molar-refractivity contribution in [2.24, 2.45) is 0 Å². The standard InChI is InChI=1S/C13H14BrClN2S/c1-17(8-10-3-5-13(15)18-10)7-9-2-4-12(16)11(14)6-9/h2-6H,7-8,16H2,1H3. The third kappa shape index (κ3) is 3.72. The number of anilines is 1. The second kappa shape index (κ2) is 6.06. The van der Waals surface area contributed by atoms with E-state index in [0.29, 0.717) is 0 Å². The first kappa shape index (κ1) is 13.9. The van der Waals surface area contributed by atoms with Crippen LogP contribution in [-0.4, -0.2) is 11.9 Å². The average molecular weight is 346 g/mol. The van der Waals surface area contributed by atoms with Crippen molar-refractivity contribution in [2.75, 3.05) is 12.8 Å². The lowest BCUT2D eigenvalue weighted by atomic mass is 10.2. The zero-order valence-corrected chi connectivity index (χ0v) is 13.1. The van der Waals surface area contributed by atoms with Gasteiger partial charge < -0.3 is 5.73 Å². The Balaban J connectivity index is 1.98. The van der Waals surface area contributed by atoms with Gasteiger partial charge in [-0.15, -0.1) is 11.3 Å². The number of hydrogen-bond donors (Lipinski definition) is 1. The van der Waals surface area contributed by atoms with Crippen molar-refractivity contribution in [1.29, 1.82) is 0 Å². The van der Waals surface area contributed by atoms with E-state index in [1.54, 1.807) is 11.3 Å². The molecule has 2 nitrogen and oxygen atoms in total. The molecule has 2 N–H and O–H groups in total. The molecule has 0 spiro atoms. The fraction of sp³-hybridized carbons (Fsp3) is 0.231. The Bertz CT molecular complexity index is 542. The van der Waals surface area contributed by atoms with Crippen molar-refractivity contribution in [3.05, 3.63) is 49.6 Å². The molecular formula is C13H14BrClN2S. The van der Waals surface area contributed by atoms with E-state index in [1.807, 2.05) is 12.1 Å². The molecular weight excluding hydrogens is 332 g/mol. The van der Waals surface area contributed by atoms with Gasteiger partial charge in [0.25, 0.3) is 0 Å². The van der Waals surface area contributed by atoms with Gasteiger partial charge in [-0.3, -0.25) is 4.90 Å². The summed E-state index contributed by atoms with van der Waals surface area (Å²) in [5.74, 6) is 0. The molecule has 96 valence electrons. The Labute approximate surface area is 124 Å². The summed E-state index contributed by atoms with van der Waals surface area (Å²) in [7, 11) is 2.10. The molecule has 5 heteroatoms. The number of halogens is 2. The van der Waals surface area contributed by atoms with Gasteiger partial charge in [-0.25, -0.2) is 0 Å². The van der Waals surface area contributed by atoms with Gasteiger partial charge in [-0.1, -0.05) is 17.7 Å². The molecule has 1 heterocycles. The Kier molecular flexibility index (Phi) is 4.67. The third-order valence-electron chi connectivity index (χ3n) is 2.57. The number of rotatable bonds is 4. The fourth-order valence-electron chi connectivity index (χ4n) is 1.74. The molecule has 1 aromatic heterocycles. The summed E-state index contributed by atoms with van der Waals surface area (Å²) in [5.41, 5.74) is 7.78. The maximum absolute atomic E-state index is 5.92. The minimum atomic E-state index is 0.770. The smallest absolute Gasteiger partial charge is 0.0931 e. The minimum absolute atomic E-state index is 0.770. The van der Waals surface area contributed by atoms with Gasteiger partial charge in [0.15, 0.2) is 0 Å². The fourth-order valence-corrected chi connectivity index (χ4v) is 3.33. The highest BCUT2D eigenvalue weighted by Crippen LogP contribution is 2.24. The predicted octanol–water partition coefficient (Wildman–Crippen LogP) is 4.38. The predicted molar refractivity (Wildman–Crippen MR) is 83.1 cm³/mol. The lowest BCUT2D eigenvalue weighted by molar-refractivity contribution is 0.322. The topological polar surface area (TPSA) is 29.3 Å². The van der Waals surface area contributed by atoms with Crippen LogP contribution in [0.5, 0.6) is 0 Å². The van der Waals surface area contributed by atoms with E-state index in [4.69, 9.17) is 17.3 Å². The highest BCUT2D eigenvalue weighted by molar-refractivity contribution is 9.10. The summed E-state index contributed by atoms with van der Waals surface area (Å²) in [6, 6.07) is 10.1. The molecule has 0 radical (unpaired) electrons. The summed E-state index contributed by atoms with van der Waals surface area (Å²) >= 11 is 11.0. The van der Waals surface area contributed by atoms with E-state index in [1.165, 1.54) is 10.4 Å². The van der Waals surface area contributed by atoms with Crippen LogP contribution in [0.25, 0.3) is 0 Å². The summed E-state index contributed by atoms with van der Waals surface area (Å²) in [6.45, 7) is 1.79. The van der Waals surface area contributed by atoms with Crippen molar-refractivity contribution in [2.45, 2.75) is 13.1 Å². The summed E-state index contributed by atoms with van der Waals surface area (Å²) < 4.78 is 1.79. The van der Waals surface area contributed by atoms with Crippen LogP contribution in [0.4, 0.5) is 5.69 Å². The van der Waals surface area contributed by atoms with Crippen molar-refractivity contribution in [3.63, 3.8) is 0 Å². The molecule has 0 unspecified atom stereocenters. The van der Waals surface area contributed by atoms with Gasteiger partial charge >= 0.3 is 0 Å². The highest BCUT2D eigenvalue weighted by atomic mass is 79.9. The number of benzene rings is 1. The van der Waals surface area contributed by atoms with Crippen molar-refractivity contribution < 1.29 is 0 Å². The quantitative estimate of drug-likeness (QED) is 0.833. The molecule has 0 saturated heterocycles. The normalized spacial score (nSPS) is 11.1. The second-order valence-electron chi connectivity index (χ2n) is 4.23. The van der Waals surface area contributed by atoms with Crippen molar-refractivity contribution in [1.82, 2.24) is 4.90 Å². The van der Waals surface area contributed by atoms with Crippen molar-refractivity contribution in [3.8, 4) is 0 Å². The number of hydrogen-bond acceptors (Lipinski definition) is 3. The first-order valence-corrected chi connectivity index (χ1v) is 7.50. The lowest BCUT2D eigenvalue weighted by Gasteiger charge is -2.16. The molecule has 0 aliphatic rings. The van der Waals surface area contributed by atoms with Crippen molar-refractivity contribution >= 4 is 44.6 Å². The molecule has 2 rings (SSSR count). The molecule has 18 heavy (non-hydrogen) atoms. The number of nitrogens with zero attached hydrogens (tertiary/aromatic N) is 1. The summed E-state index contributed by atoms with van der Waals surface area (Å²) in [4.78, 5) is 3.53. The van der Waals surface area contributed by atoms with Gasteiger partial charge in [0.1, 0.15) is 0 Å². The number of nitrogen functional groups attached to an aromatic ring is 1. The van der Waals surface area contributed by atoms with Crippen LogP contribution < -0.4 is 5.73 Å². The van der Waals surface area contributed by atoms with E-state index in [2.05, 4.69) is 46.1 Å². The van der Waals surface area contributed by atoms with E-state index in [9.17, 15) is 0 Å². The Morgan fingerprint density at radius 2 is 2.06 bits per heavy atom. The molecule has 0 bridgehead atoms. The average Bonchev–Trinajstić information content (AvgIpc) is 2.69. The third-order valence-corrected chi connectivity index (χ3v) is 4.47. The maximum Gasteiger partial charge on any atom is 0.0931 e. The SMILES string of the molecule is CN(Cc1ccc(N)c(Br)c1)Cc1ccc(Cl)s1. The Morgan fingerprint density at radius 3 is 2.67 bits per heavy atom. The summed E-state index contributed by atoms with van der Waals surface area (Å²) in [6.07, 6.45) is 0. The zero-order chi connectivity index (χ0) is 13.1. The molecule has 0 saturated carbocycles. The maximum atomic E-state index is 5.92. The van der Waals surface area contributed by atoms with Gasteiger partial charge in [0.05, 0.1) is 4.34 Å².